The topological polar surface area (TPSA) is 84.1 Å². The SMILES string of the molecule is Cc1cc(N)nc(Nc2ccc(O)cc2)n1. The van der Waals surface area contributed by atoms with Gasteiger partial charge in [0.15, 0.2) is 0 Å². The highest BCUT2D eigenvalue weighted by molar-refractivity contribution is 5.55. The maximum Gasteiger partial charge on any atom is 0.229 e. The van der Waals surface area contributed by atoms with Gasteiger partial charge in [-0.1, -0.05) is 0 Å². The summed E-state index contributed by atoms with van der Waals surface area (Å²) < 4.78 is 0. The minimum absolute atomic E-state index is 0.218. The van der Waals surface area contributed by atoms with Crippen LogP contribution in [0.15, 0.2) is 30.3 Å². The Morgan fingerprint density at radius 1 is 1.19 bits per heavy atom. The largest absolute Gasteiger partial charge is 0.508 e. The number of nitrogens with zero attached hydrogens (tertiary/aromatic N) is 2. The summed E-state index contributed by atoms with van der Waals surface area (Å²) in [4.78, 5) is 8.23. The zero-order valence-corrected chi connectivity index (χ0v) is 8.81. The third-order valence-corrected chi connectivity index (χ3v) is 2.00. The summed E-state index contributed by atoms with van der Waals surface area (Å²) in [5.74, 6) is 1.09. The van der Waals surface area contributed by atoms with E-state index in [-0.39, 0.29) is 5.75 Å². The molecule has 0 bridgehead atoms. The van der Waals surface area contributed by atoms with Crippen LogP contribution in [-0.4, -0.2) is 15.1 Å². The Balaban J connectivity index is 2.23. The van der Waals surface area contributed by atoms with Crippen molar-refractivity contribution < 1.29 is 5.11 Å². The number of phenolic OH excluding ortho intramolecular Hbond substituents is 1. The van der Waals surface area contributed by atoms with E-state index in [2.05, 4.69) is 15.3 Å². The van der Waals surface area contributed by atoms with Crippen molar-refractivity contribution in [1.29, 1.82) is 0 Å². The molecule has 0 aliphatic carbocycles. The van der Waals surface area contributed by atoms with Crippen molar-refractivity contribution >= 4 is 17.5 Å². The molecule has 1 aromatic carbocycles. The molecule has 4 N–H and O–H groups in total. The second-order valence-corrected chi connectivity index (χ2v) is 3.43. The molecule has 1 aromatic heterocycles. The van der Waals surface area contributed by atoms with Crippen LogP contribution < -0.4 is 11.1 Å². The van der Waals surface area contributed by atoms with Gasteiger partial charge in [0.2, 0.25) is 5.95 Å². The van der Waals surface area contributed by atoms with Crippen LogP contribution >= 0.6 is 0 Å². The number of aromatic nitrogens is 2. The first kappa shape index (κ1) is 10.2. The lowest BCUT2D eigenvalue weighted by molar-refractivity contribution is 0.475. The highest BCUT2D eigenvalue weighted by atomic mass is 16.3. The first-order valence-corrected chi connectivity index (χ1v) is 4.81. The second-order valence-electron chi connectivity index (χ2n) is 3.43. The normalized spacial score (nSPS) is 10.1. The van der Waals surface area contributed by atoms with Gasteiger partial charge in [-0.05, 0) is 31.2 Å². The van der Waals surface area contributed by atoms with Crippen LogP contribution in [0.25, 0.3) is 0 Å². The van der Waals surface area contributed by atoms with Gasteiger partial charge in [-0.15, -0.1) is 0 Å². The van der Waals surface area contributed by atoms with Gasteiger partial charge in [-0.3, -0.25) is 0 Å². The van der Waals surface area contributed by atoms with Gasteiger partial charge in [0.05, 0.1) is 0 Å². The van der Waals surface area contributed by atoms with Gasteiger partial charge < -0.3 is 16.2 Å². The molecule has 0 radical (unpaired) electrons. The standard InChI is InChI=1S/C11H12N4O/c1-7-6-10(12)15-11(13-7)14-8-2-4-9(16)5-3-8/h2-6,16H,1H3,(H3,12,13,14,15). The Kier molecular flexibility index (Phi) is 2.59. The molecule has 0 atom stereocenters. The average molecular weight is 216 g/mol. The quantitative estimate of drug-likeness (QED) is 0.667. The summed E-state index contributed by atoms with van der Waals surface area (Å²) in [6, 6.07) is 8.33. The Hall–Kier alpha value is -2.30. The van der Waals surface area contributed by atoms with Gasteiger partial charge in [0.25, 0.3) is 0 Å². The number of anilines is 3. The highest BCUT2D eigenvalue weighted by Gasteiger charge is 2.00. The van der Waals surface area contributed by atoms with Gasteiger partial charge in [0.1, 0.15) is 11.6 Å². The first-order chi connectivity index (χ1) is 7.63. The second kappa shape index (κ2) is 4.06. The molecular weight excluding hydrogens is 204 g/mol. The van der Waals surface area contributed by atoms with E-state index in [1.54, 1.807) is 30.3 Å². The molecule has 0 saturated heterocycles. The number of hydrogen-bond donors (Lipinski definition) is 3. The number of benzene rings is 1. The summed E-state index contributed by atoms with van der Waals surface area (Å²) in [7, 11) is 0. The summed E-state index contributed by atoms with van der Waals surface area (Å²) >= 11 is 0. The van der Waals surface area contributed by atoms with Gasteiger partial charge in [0, 0.05) is 17.4 Å². The minimum atomic E-state index is 0.218. The summed E-state index contributed by atoms with van der Waals surface area (Å²) in [5, 5.41) is 12.1. The number of hydrogen-bond acceptors (Lipinski definition) is 5. The Morgan fingerprint density at radius 2 is 1.88 bits per heavy atom. The van der Waals surface area contributed by atoms with Crippen LogP contribution in [0.3, 0.4) is 0 Å². The molecule has 2 aromatic rings. The Morgan fingerprint density at radius 3 is 2.50 bits per heavy atom. The van der Waals surface area contributed by atoms with Crippen LogP contribution in [0.2, 0.25) is 0 Å². The number of nitrogen functional groups attached to an aromatic ring is 1. The van der Waals surface area contributed by atoms with E-state index in [0.29, 0.717) is 11.8 Å². The van der Waals surface area contributed by atoms with Crippen molar-refractivity contribution in [2.45, 2.75) is 6.92 Å². The van der Waals surface area contributed by atoms with Gasteiger partial charge >= 0.3 is 0 Å². The monoisotopic (exact) mass is 216 g/mol. The molecular formula is C11H12N4O. The summed E-state index contributed by atoms with van der Waals surface area (Å²) in [6.45, 7) is 1.85. The lowest BCUT2D eigenvalue weighted by Gasteiger charge is -2.06. The fraction of sp³-hybridized carbons (Fsp3) is 0.0909. The Bertz CT molecular complexity index is 476. The minimum Gasteiger partial charge on any atom is -0.508 e. The smallest absolute Gasteiger partial charge is 0.229 e. The summed E-state index contributed by atoms with van der Waals surface area (Å²) in [6.07, 6.45) is 0. The zero-order chi connectivity index (χ0) is 11.5. The van der Waals surface area contributed by atoms with Crippen molar-refractivity contribution in [3.63, 3.8) is 0 Å². The Labute approximate surface area is 93.0 Å². The predicted molar refractivity (Wildman–Crippen MR) is 62.6 cm³/mol. The maximum absolute atomic E-state index is 9.13. The zero-order valence-electron chi connectivity index (χ0n) is 8.81. The van der Waals surface area contributed by atoms with Crippen molar-refractivity contribution in [3.8, 4) is 5.75 Å². The molecule has 5 nitrogen and oxygen atoms in total. The number of rotatable bonds is 2. The van der Waals surface area contributed by atoms with Crippen molar-refractivity contribution in [2.24, 2.45) is 0 Å². The fourth-order valence-corrected chi connectivity index (χ4v) is 1.32. The molecule has 0 aliphatic rings. The molecule has 16 heavy (non-hydrogen) atoms. The summed E-state index contributed by atoms with van der Waals surface area (Å²) in [5.41, 5.74) is 7.20. The van der Waals surface area contributed by atoms with Crippen LogP contribution in [0.5, 0.6) is 5.75 Å². The molecule has 0 aliphatic heterocycles. The molecule has 0 spiro atoms. The van der Waals surface area contributed by atoms with Gasteiger partial charge in [-0.2, -0.15) is 4.98 Å². The van der Waals surface area contributed by atoms with E-state index in [1.165, 1.54) is 0 Å². The predicted octanol–water partition coefficient (Wildman–Crippen LogP) is 1.82. The van der Waals surface area contributed by atoms with Crippen LogP contribution in [0.1, 0.15) is 5.69 Å². The van der Waals surface area contributed by atoms with Crippen LogP contribution in [0, 0.1) is 6.92 Å². The first-order valence-electron chi connectivity index (χ1n) is 4.81. The van der Waals surface area contributed by atoms with Crippen LogP contribution in [0.4, 0.5) is 17.5 Å². The van der Waals surface area contributed by atoms with Crippen molar-refractivity contribution in [2.75, 3.05) is 11.1 Å². The lowest BCUT2D eigenvalue weighted by Crippen LogP contribution is -2.01. The van der Waals surface area contributed by atoms with Gasteiger partial charge in [-0.25, -0.2) is 4.98 Å². The molecule has 1 heterocycles. The number of nitrogens with two attached hydrogens (primary N) is 1. The molecule has 0 amide bonds. The molecule has 82 valence electrons. The molecule has 2 rings (SSSR count). The third-order valence-electron chi connectivity index (χ3n) is 2.00. The maximum atomic E-state index is 9.13. The molecule has 0 unspecified atom stereocenters. The van der Waals surface area contributed by atoms with Crippen LogP contribution in [-0.2, 0) is 0 Å². The number of aryl methyl sites for hydroxylation is 1. The lowest BCUT2D eigenvalue weighted by atomic mass is 10.3. The number of aromatic hydroxyl groups is 1. The van der Waals surface area contributed by atoms with Crippen molar-refractivity contribution in [1.82, 2.24) is 9.97 Å². The van der Waals surface area contributed by atoms with Crippen molar-refractivity contribution in [3.05, 3.63) is 36.0 Å². The fourth-order valence-electron chi connectivity index (χ4n) is 1.32. The molecule has 0 fully saturated rings. The van der Waals surface area contributed by atoms with E-state index in [0.717, 1.165) is 11.4 Å². The van der Waals surface area contributed by atoms with E-state index in [1.807, 2.05) is 6.92 Å². The van der Waals surface area contributed by atoms with E-state index in [4.69, 9.17) is 10.8 Å². The average Bonchev–Trinajstić information content (AvgIpc) is 2.20. The number of phenols is 1. The molecule has 5 heteroatoms. The van der Waals surface area contributed by atoms with E-state index in [9.17, 15) is 0 Å². The third kappa shape index (κ3) is 2.38. The van der Waals surface area contributed by atoms with E-state index >= 15 is 0 Å². The van der Waals surface area contributed by atoms with E-state index < -0.39 is 0 Å². The number of nitrogens with one attached hydrogen (secondary N) is 1. The molecule has 0 saturated carbocycles. The highest BCUT2D eigenvalue weighted by Crippen LogP contribution is 2.17.